The number of rotatable bonds is 2. The molecule has 10 heavy (non-hydrogen) atoms. The highest BCUT2D eigenvalue weighted by molar-refractivity contribution is 4.88. The number of hydrogen-bond acceptors (Lipinski definition) is 3. The van der Waals surface area contributed by atoms with Gasteiger partial charge in [-0.2, -0.15) is 0 Å². The van der Waals surface area contributed by atoms with E-state index >= 15 is 0 Å². The van der Waals surface area contributed by atoms with Crippen molar-refractivity contribution in [2.45, 2.75) is 26.4 Å². The van der Waals surface area contributed by atoms with Crippen LogP contribution in [0.4, 0.5) is 0 Å². The number of nitrogens with one attached hydrogen (secondary N) is 1. The highest BCUT2D eigenvalue weighted by Crippen LogP contribution is 1.95. The second kappa shape index (κ2) is 2.79. The van der Waals surface area contributed by atoms with Crippen LogP contribution in [0.15, 0.2) is 0 Å². The Balaban J connectivity index is 2.58. The SMILES string of the molecule is Cc1nnc(CC(C)O)[nH]1. The third-order valence-electron chi connectivity index (χ3n) is 1.13. The quantitative estimate of drug-likeness (QED) is 0.611. The van der Waals surface area contributed by atoms with Crippen molar-refractivity contribution in [2.24, 2.45) is 0 Å². The van der Waals surface area contributed by atoms with Crippen LogP contribution >= 0.6 is 0 Å². The van der Waals surface area contributed by atoms with Crippen molar-refractivity contribution < 1.29 is 5.11 Å². The molecule has 0 aliphatic carbocycles. The van der Waals surface area contributed by atoms with Crippen LogP contribution in [0.3, 0.4) is 0 Å². The normalized spacial score (nSPS) is 13.5. The third kappa shape index (κ3) is 1.80. The van der Waals surface area contributed by atoms with E-state index in [4.69, 9.17) is 5.11 Å². The summed E-state index contributed by atoms with van der Waals surface area (Å²) in [5, 5.41) is 16.5. The van der Waals surface area contributed by atoms with Gasteiger partial charge in [0.1, 0.15) is 11.6 Å². The van der Waals surface area contributed by atoms with E-state index in [-0.39, 0.29) is 6.10 Å². The molecule has 2 N–H and O–H groups in total. The lowest BCUT2D eigenvalue weighted by molar-refractivity contribution is 0.193. The molecule has 1 unspecified atom stereocenters. The standard InChI is InChI=1S/C6H11N3O/c1-4(10)3-6-7-5(2)8-9-6/h4,10H,3H2,1-2H3,(H,7,8,9). The van der Waals surface area contributed by atoms with Gasteiger partial charge in [-0.25, -0.2) is 0 Å². The maximum absolute atomic E-state index is 8.93. The molecule has 56 valence electrons. The maximum atomic E-state index is 8.93. The number of aryl methyl sites for hydroxylation is 1. The van der Waals surface area contributed by atoms with Gasteiger partial charge in [0.2, 0.25) is 0 Å². The van der Waals surface area contributed by atoms with Crippen molar-refractivity contribution in [3.63, 3.8) is 0 Å². The Morgan fingerprint density at radius 2 is 2.30 bits per heavy atom. The summed E-state index contributed by atoms with van der Waals surface area (Å²) in [7, 11) is 0. The predicted octanol–water partition coefficient (Wildman–Crippen LogP) is 0.0364. The molecule has 1 aromatic rings. The first-order valence-corrected chi connectivity index (χ1v) is 3.24. The Bertz CT molecular complexity index is 207. The van der Waals surface area contributed by atoms with E-state index in [2.05, 4.69) is 15.2 Å². The number of aliphatic hydroxyl groups is 1. The fourth-order valence-corrected chi connectivity index (χ4v) is 0.766. The Morgan fingerprint density at radius 3 is 2.70 bits per heavy atom. The molecule has 0 saturated heterocycles. The summed E-state index contributed by atoms with van der Waals surface area (Å²) in [6.07, 6.45) is 0.188. The first kappa shape index (κ1) is 7.21. The Kier molecular flexibility index (Phi) is 2.01. The minimum absolute atomic E-state index is 0.354. The summed E-state index contributed by atoms with van der Waals surface area (Å²) in [5.41, 5.74) is 0. The number of aromatic nitrogens is 3. The van der Waals surface area contributed by atoms with Gasteiger partial charge in [0.25, 0.3) is 0 Å². The van der Waals surface area contributed by atoms with Crippen molar-refractivity contribution in [1.29, 1.82) is 0 Å². The lowest BCUT2D eigenvalue weighted by atomic mass is 10.3. The van der Waals surface area contributed by atoms with Gasteiger partial charge in [0.15, 0.2) is 0 Å². The highest BCUT2D eigenvalue weighted by Gasteiger charge is 2.01. The first-order chi connectivity index (χ1) is 4.68. The molecule has 0 aliphatic rings. The van der Waals surface area contributed by atoms with Gasteiger partial charge in [-0.15, -0.1) is 10.2 Å². The van der Waals surface area contributed by atoms with Gasteiger partial charge >= 0.3 is 0 Å². The molecule has 0 aromatic carbocycles. The second-order valence-corrected chi connectivity index (χ2v) is 2.41. The van der Waals surface area contributed by atoms with E-state index in [1.807, 2.05) is 6.92 Å². The minimum atomic E-state index is -0.354. The van der Waals surface area contributed by atoms with Crippen molar-refractivity contribution in [3.8, 4) is 0 Å². The summed E-state index contributed by atoms with van der Waals surface area (Å²) in [6, 6.07) is 0. The zero-order chi connectivity index (χ0) is 7.56. The summed E-state index contributed by atoms with van der Waals surface area (Å²) in [5.74, 6) is 1.53. The largest absolute Gasteiger partial charge is 0.393 e. The lowest BCUT2D eigenvalue weighted by Gasteiger charge is -1.96. The molecule has 1 aromatic heterocycles. The number of nitrogens with zero attached hydrogens (tertiary/aromatic N) is 2. The molecule has 0 saturated carbocycles. The Labute approximate surface area is 59.3 Å². The van der Waals surface area contributed by atoms with E-state index in [1.165, 1.54) is 0 Å². The van der Waals surface area contributed by atoms with Crippen molar-refractivity contribution in [3.05, 3.63) is 11.6 Å². The van der Waals surface area contributed by atoms with Crippen LogP contribution in [-0.4, -0.2) is 26.4 Å². The monoisotopic (exact) mass is 141 g/mol. The molecular weight excluding hydrogens is 130 g/mol. The third-order valence-corrected chi connectivity index (χ3v) is 1.13. The lowest BCUT2D eigenvalue weighted by Crippen LogP contribution is -2.05. The molecular formula is C6H11N3O. The summed E-state index contributed by atoms with van der Waals surface area (Å²) in [6.45, 7) is 3.55. The smallest absolute Gasteiger partial charge is 0.132 e. The fraction of sp³-hybridized carbons (Fsp3) is 0.667. The number of aromatic amines is 1. The summed E-state index contributed by atoms with van der Waals surface area (Å²) >= 11 is 0. The zero-order valence-electron chi connectivity index (χ0n) is 6.13. The van der Waals surface area contributed by atoms with Crippen LogP contribution in [0.1, 0.15) is 18.6 Å². The maximum Gasteiger partial charge on any atom is 0.132 e. The van der Waals surface area contributed by atoms with Crippen molar-refractivity contribution >= 4 is 0 Å². The molecule has 0 spiro atoms. The fourth-order valence-electron chi connectivity index (χ4n) is 0.766. The molecule has 0 radical (unpaired) electrons. The number of aliphatic hydroxyl groups excluding tert-OH is 1. The average Bonchev–Trinajstić information content (AvgIpc) is 2.13. The van der Waals surface area contributed by atoms with Crippen LogP contribution in [0.25, 0.3) is 0 Å². The van der Waals surface area contributed by atoms with E-state index in [0.29, 0.717) is 6.42 Å². The van der Waals surface area contributed by atoms with Gasteiger partial charge < -0.3 is 10.1 Å². The van der Waals surface area contributed by atoms with Crippen LogP contribution < -0.4 is 0 Å². The van der Waals surface area contributed by atoms with Crippen molar-refractivity contribution in [2.75, 3.05) is 0 Å². The Morgan fingerprint density at radius 1 is 1.60 bits per heavy atom. The molecule has 1 heterocycles. The number of H-pyrrole nitrogens is 1. The molecule has 4 heteroatoms. The van der Waals surface area contributed by atoms with Crippen molar-refractivity contribution in [1.82, 2.24) is 15.2 Å². The number of hydrogen-bond donors (Lipinski definition) is 2. The molecule has 0 amide bonds. The molecule has 4 nitrogen and oxygen atoms in total. The van der Waals surface area contributed by atoms with Gasteiger partial charge in [0.05, 0.1) is 6.10 Å². The van der Waals surface area contributed by atoms with E-state index < -0.39 is 0 Å². The molecule has 1 rings (SSSR count). The zero-order valence-corrected chi connectivity index (χ0v) is 6.13. The molecule has 1 atom stereocenters. The van der Waals surface area contributed by atoms with Gasteiger partial charge in [0, 0.05) is 6.42 Å². The molecule has 0 fully saturated rings. The molecule has 0 bridgehead atoms. The Hall–Kier alpha value is -0.900. The van der Waals surface area contributed by atoms with Crippen LogP contribution in [-0.2, 0) is 6.42 Å². The first-order valence-electron chi connectivity index (χ1n) is 3.24. The van der Waals surface area contributed by atoms with E-state index in [9.17, 15) is 0 Å². The van der Waals surface area contributed by atoms with Gasteiger partial charge in [-0.05, 0) is 13.8 Å². The average molecular weight is 141 g/mol. The second-order valence-electron chi connectivity index (χ2n) is 2.41. The van der Waals surface area contributed by atoms with Crippen LogP contribution in [0.2, 0.25) is 0 Å². The van der Waals surface area contributed by atoms with Gasteiger partial charge in [-0.1, -0.05) is 0 Å². The van der Waals surface area contributed by atoms with Gasteiger partial charge in [-0.3, -0.25) is 0 Å². The summed E-state index contributed by atoms with van der Waals surface area (Å²) < 4.78 is 0. The van der Waals surface area contributed by atoms with Crippen LogP contribution in [0.5, 0.6) is 0 Å². The molecule has 0 aliphatic heterocycles. The highest BCUT2D eigenvalue weighted by atomic mass is 16.3. The van der Waals surface area contributed by atoms with E-state index in [1.54, 1.807) is 6.92 Å². The minimum Gasteiger partial charge on any atom is -0.393 e. The van der Waals surface area contributed by atoms with Crippen LogP contribution in [0, 0.1) is 6.92 Å². The summed E-state index contributed by atoms with van der Waals surface area (Å²) in [4.78, 5) is 2.93. The topological polar surface area (TPSA) is 61.8 Å². The predicted molar refractivity (Wildman–Crippen MR) is 36.5 cm³/mol. The van der Waals surface area contributed by atoms with E-state index in [0.717, 1.165) is 11.6 Å².